The second-order valence-corrected chi connectivity index (χ2v) is 7.76. The molecule has 0 saturated heterocycles. The standard InChI is InChI=1S/C22H21N3O4S/c1-28-16-10-6-9-14(19(16)29-2)15-11-17(26)23-20-18(15)21(27)25-22(24-20)30-12-13-7-4-3-5-8-13/h3-10,15H,11-12H2,1-2H3,(H2,23,24,25,26,27)/t15-/m0/s1. The molecule has 30 heavy (non-hydrogen) atoms. The Hall–Kier alpha value is -3.26. The predicted molar refractivity (Wildman–Crippen MR) is 115 cm³/mol. The largest absolute Gasteiger partial charge is 0.493 e. The van der Waals surface area contributed by atoms with Crippen molar-refractivity contribution in [2.45, 2.75) is 23.2 Å². The SMILES string of the molecule is COc1cccc([C@@H]2CC(=O)Nc3nc(SCc4ccccc4)[nH]c(=O)c32)c1OC. The fourth-order valence-corrected chi connectivity index (χ4v) is 4.41. The number of aromatic amines is 1. The summed E-state index contributed by atoms with van der Waals surface area (Å²) in [5.74, 6) is 1.32. The van der Waals surface area contributed by atoms with E-state index in [0.717, 1.165) is 5.56 Å². The van der Waals surface area contributed by atoms with E-state index in [2.05, 4.69) is 15.3 Å². The Kier molecular flexibility index (Phi) is 5.76. The minimum Gasteiger partial charge on any atom is -0.493 e. The van der Waals surface area contributed by atoms with Crippen molar-refractivity contribution < 1.29 is 14.3 Å². The van der Waals surface area contributed by atoms with E-state index >= 15 is 0 Å². The zero-order valence-corrected chi connectivity index (χ0v) is 17.4. The van der Waals surface area contributed by atoms with E-state index < -0.39 is 5.92 Å². The molecular formula is C22H21N3O4S. The van der Waals surface area contributed by atoms with Crippen molar-refractivity contribution in [3.63, 3.8) is 0 Å². The average Bonchev–Trinajstić information content (AvgIpc) is 2.76. The van der Waals surface area contributed by atoms with Gasteiger partial charge in [-0.05, 0) is 11.6 Å². The van der Waals surface area contributed by atoms with Gasteiger partial charge >= 0.3 is 0 Å². The maximum atomic E-state index is 13.0. The first-order chi connectivity index (χ1) is 14.6. The van der Waals surface area contributed by atoms with Crippen LogP contribution in [-0.2, 0) is 10.5 Å². The van der Waals surface area contributed by atoms with Crippen molar-refractivity contribution in [2.24, 2.45) is 0 Å². The molecule has 0 fully saturated rings. The van der Waals surface area contributed by atoms with E-state index in [1.807, 2.05) is 42.5 Å². The van der Waals surface area contributed by atoms with Crippen LogP contribution in [0.2, 0.25) is 0 Å². The highest BCUT2D eigenvalue weighted by Crippen LogP contribution is 2.42. The molecule has 0 saturated carbocycles. The Labute approximate surface area is 177 Å². The number of fused-ring (bicyclic) bond motifs is 1. The van der Waals surface area contributed by atoms with Crippen LogP contribution >= 0.6 is 11.8 Å². The molecule has 3 aromatic rings. The number of para-hydroxylation sites is 1. The van der Waals surface area contributed by atoms with Crippen LogP contribution in [0.15, 0.2) is 58.5 Å². The summed E-state index contributed by atoms with van der Waals surface area (Å²) in [4.78, 5) is 32.8. The van der Waals surface area contributed by atoms with Crippen LogP contribution in [0.1, 0.15) is 29.0 Å². The summed E-state index contributed by atoms with van der Waals surface area (Å²) in [6.07, 6.45) is 0.123. The number of methoxy groups -OCH3 is 2. The quantitative estimate of drug-likeness (QED) is 0.465. The highest BCUT2D eigenvalue weighted by Gasteiger charge is 2.33. The van der Waals surface area contributed by atoms with Crippen LogP contribution < -0.4 is 20.3 Å². The lowest BCUT2D eigenvalue weighted by Gasteiger charge is -2.26. The van der Waals surface area contributed by atoms with E-state index in [1.54, 1.807) is 13.2 Å². The summed E-state index contributed by atoms with van der Waals surface area (Å²) in [6.45, 7) is 0. The molecule has 154 valence electrons. The van der Waals surface area contributed by atoms with Gasteiger partial charge < -0.3 is 19.8 Å². The van der Waals surface area contributed by atoms with E-state index in [9.17, 15) is 9.59 Å². The number of hydrogen-bond acceptors (Lipinski definition) is 6. The van der Waals surface area contributed by atoms with Crippen molar-refractivity contribution in [2.75, 3.05) is 19.5 Å². The number of hydrogen-bond donors (Lipinski definition) is 2. The summed E-state index contributed by atoms with van der Waals surface area (Å²) < 4.78 is 10.9. The number of H-pyrrole nitrogens is 1. The minimum absolute atomic E-state index is 0.123. The molecule has 1 aliphatic rings. The molecule has 0 bridgehead atoms. The van der Waals surface area contributed by atoms with Crippen molar-refractivity contribution >= 4 is 23.5 Å². The number of carbonyl (C=O) groups excluding carboxylic acids is 1. The minimum atomic E-state index is -0.483. The topological polar surface area (TPSA) is 93.3 Å². The molecule has 8 heteroatoms. The van der Waals surface area contributed by atoms with E-state index in [-0.39, 0.29) is 17.9 Å². The van der Waals surface area contributed by atoms with Gasteiger partial charge in [0.05, 0.1) is 19.8 Å². The van der Waals surface area contributed by atoms with Crippen molar-refractivity contribution in [1.82, 2.24) is 9.97 Å². The van der Waals surface area contributed by atoms with Crippen LogP contribution in [0.25, 0.3) is 0 Å². The van der Waals surface area contributed by atoms with Gasteiger partial charge in [-0.2, -0.15) is 0 Å². The predicted octanol–water partition coefficient (Wildman–Crippen LogP) is 3.55. The fourth-order valence-electron chi connectivity index (χ4n) is 3.60. The molecule has 1 aromatic heterocycles. The molecule has 1 amide bonds. The summed E-state index contributed by atoms with van der Waals surface area (Å²) in [6, 6.07) is 15.3. The van der Waals surface area contributed by atoms with Gasteiger partial charge in [0, 0.05) is 23.7 Å². The molecule has 1 aliphatic heterocycles. The lowest BCUT2D eigenvalue weighted by molar-refractivity contribution is -0.116. The van der Waals surface area contributed by atoms with Gasteiger partial charge in [-0.15, -0.1) is 0 Å². The number of benzene rings is 2. The molecule has 0 unspecified atom stereocenters. The number of amides is 1. The molecule has 1 atom stereocenters. The first-order valence-corrected chi connectivity index (χ1v) is 10.4. The molecule has 0 radical (unpaired) electrons. The third kappa shape index (κ3) is 3.91. The van der Waals surface area contributed by atoms with Gasteiger partial charge in [-0.1, -0.05) is 54.2 Å². The Bertz CT molecular complexity index is 1130. The first kappa shape index (κ1) is 20.0. The zero-order valence-electron chi connectivity index (χ0n) is 16.6. The molecular weight excluding hydrogens is 402 g/mol. The Morgan fingerprint density at radius 2 is 1.87 bits per heavy atom. The molecule has 2 N–H and O–H groups in total. The van der Waals surface area contributed by atoms with Crippen molar-refractivity contribution in [3.05, 3.63) is 75.6 Å². The van der Waals surface area contributed by atoms with Gasteiger partial charge in [0.2, 0.25) is 5.91 Å². The number of nitrogens with one attached hydrogen (secondary N) is 2. The number of ether oxygens (including phenoxy) is 2. The molecule has 2 heterocycles. The monoisotopic (exact) mass is 423 g/mol. The number of aromatic nitrogens is 2. The fraction of sp³-hybridized carbons (Fsp3) is 0.227. The van der Waals surface area contributed by atoms with Crippen LogP contribution in [0.5, 0.6) is 11.5 Å². The molecule has 0 aliphatic carbocycles. The summed E-state index contributed by atoms with van der Waals surface area (Å²) in [5, 5.41) is 3.21. The Balaban J connectivity index is 1.72. The van der Waals surface area contributed by atoms with Gasteiger partial charge in [0.1, 0.15) is 5.82 Å². The third-order valence-electron chi connectivity index (χ3n) is 4.96. The lowest BCUT2D eigenvalue weighted by Crippen LogP contribution is -2.31. The maximum absolute atomic E-state index is 13.0. The lowest BCUT2D eigenvalue weighted by atomic mass is 9.86. The van der Waals surface area contributed by atoms with Crippen LogP contribution in [0.4, 0.5) is 5.82 Å². The van der Waals surface area contributed by atoms with E-state index in [1.165, 1.54) is 18.9 Å². The third-order valence-corrected chi connectivity index (χ3v) is 5.90. The van der Waals surface area contributed by atoms with E-state index in [4.69, 9.17) is 9.47 Å². The van der Waals surface area contributed by atoms with Crippen molar-refractivity contribution in [1.29, 1.82) is 0 Å². The van der Waals surface area contributed by atoms with Gasteiger partial charge in [0.25, 0.3) is 5.56 Å². The van der Waals surface area contributed by atoms with Gasteiger partial charge in [-0.3, -0.25) is 9.59 Å². The number of carbonyl (C=O) groups is 1. The highest BCUT2D eigenvalue weighted by molar-refractivity contribution is 7.98. The maximum Gasteiger partial charge on any atom is 0.257 e. The molecule has 7 nitrogen and oxygen atoms in total. The molecule has 2 aromatic carbocycles. The molecule has 4 rings (SSSR count). The first-order valence-electron chi connectivity index (χ1n) is 9.42. The second-order valence-electron chi connectivity index (χ2n) is 6.80. The van der Waals surface area contributed by atoms with Crippen LogP contribution in [-0.4, -0.2) is 30.1 Å². The van der Waals surface area contributed by atoms with Gasteiger partial charge in [-0.25, -0.2) is 4.98 Å². The molecule has 0 spiro atoms. The van der Waals surface area contributed by atoms with Crippen LogP contribution in [0, 0.1) is 0 Å². The van der Waals surface area contributed by atoms with Crippen LogP contribution in [0.3, 0.4) is 0 Å². The summed E-state index contributed by atoms with van der Waals surface area (Å²) in [5.41, 5.74) is 1.98. The summed E-state index contributed by atoms with van der Waals surface area (Å²) in [7, 11) is 3.09. The number of anilines is 1. The Morgan fingerprint density at radius 1 is 1.07 bits per heavy atom. The van der Waals surface area contributed by atoms with Gasteiger partial charge in [0.15, 0.2) is 16.7 Å². The highest BCUT2D eigenvalue weighted by atomic mass is 32.2. The summed E-state index contributed by atoms with van der Waals surface area (Å²) >= 11 is 1.41. The average molecular weight is 423 g/mol. The van der Waals surface area contributed by atoms with Crippen molar-refractivity contribution in [3.8, 4) is 11.5 Å². The number of thioether (sulfide) groups is 1. The van der Waals surface area contributed by atoms with E-state index in [0.29, 0.717) is 39.4 Å². The number of nitrogens with zero attached hydrogens (tertiary/aromatic N) is 1. The smallest absolute Gasteiger partial charge is 0.257 e. The normalized spacial score (nSPS) is 15.3. The number of rotatable bonds is 6. The second kappa shape index (κ2) is 8.62. The Morgan fingerprint density at radius 3 is 2.60 bits per heavy atom. The zero-order chi connectivity index (χ0) is 21.1.